The summed E-state index contributed by atoms with van der Waals surface area (Å²) < 4.78 is 0. The molecule has 1 rings (SSSR count). The summed E-state index contributed by atoms with van der Waals surface area (Å²) in [6, 6.07) is 7.27. The molecule has 0 aliphatic rings. The first-order valence-electron chi connectivity index (χ1n) is 5.75. The molecule has 1 N–H and O–H groups in total. The molecule has 0 aliphatic carbocycles. The van der Waals surface area contributed by atoms with E-state index in [0.29, 0.717) is 10.9 Å². The maximum Gasteiger partial charge on any atom is 0.323 e. The van der Waals surface area contributed by atoms with Gasteiger partial charge in [-0.3, -0.25) is 4.79 Å². The predicted molar refractivity (Wildman–Crippen MR) is 70.8 cm³/mol. The van der Waals surface area contributed by atoms with E-state index >= 15 is 0 Å². The molecule has 0 spiro atoms. The fraction of sp³-hybridized carbons (Fsp3) is 0.462. The van der Waals surface area contributed by atoms with Crippen molar-refractivity contribution in [1.29, 1.82) is 0 Å². The minimum absolute atomic E-state index is 0.0198. The normalized spacial score (nSPS) is 12.2. The smallest absolute Gasteiger partial charge is 0.323 e. The van der Waals surface area contributed by atoms with Crippen molar-refractivity contribution in [2.24, 2.45) is 5.92 Å². The first-order valence-corrected chi connectivity index (χ1v) is 6.13. The van der Waals surface area contributed by atoms with Gasteiger partial charge in [-0.1, -0.05) is 31.9 Å². The second-order valence-corrected chi connectivity index (χ2v) is 4.70. The third kappa shape index (κ3) is 4.65. The summed E-state index contributed by atoms with van der Waals surface area (Å²) >= 11 is 5.82. The highest BCUT2D eigenvalue weighted by atomic mass is 35.5. The molecule has 0 aromatic heterocycles. The summed E-state index contributed by atoms with van der Waals surface area (Å²) in [7, 11) is 0. The number of carboxylic acid groups (broad SMARTS) is 1. The van der Waals surface area contributed by atoms with Crippen molar-refractivity contribution in [3.8, 4) is 0 Å². The summed E-state index contributed by atoms with van der Waals surface area (Å²) in [6.07, 6.45) is 1.03. The average Bonchev–Trinajstić information content (AvgIpc) is 2.28. The zero-order valence-electron chi connectivity index (χ0n) is 10.2. The third-order valence-corrected chi connectivity index (χ3v) is 3.00. The Morgan fingerprint density at radius 2 is 2.00 bits per heavy atom. The lowest BCUT2D eigenvalue weighted by atomic mass is 10.1. The highest BCUT2D eigenvalue weighted by Crippen LogP contribution is 2.19. The van der Waals surface area contributed by atoms with Crippen LogP contribution in [0, 0.1) is 5.92 Å². The lowest BCUT2D eigenvalue weighted by Crippen LogP contribution is -2.33. The number of benzene rings is 1. The molecule has 0 saturated carbocycles. The molecule has 0 amide bonds. The van der Waals surface area contributed by atoms with Crippen LogP contribution in [0.3, 0.4) is 0 Å². The van der Waals surface area contributed by atoms with E-state index in [9.17, 15) is 4.79 Å². The summed E-state index contributed by atoms with van der Waals surface area (Å²) in [5.41, 5.74) is 0.900. The Kier molecular flexibility index (Phi) is 5.29. The van der Waals surface area contributed by atoms with Crippen LogP contribution in [0.25, 0.3) is 0 Å². The van der Waals surface area contributed by atoms with E-state index in [1.54, 1.807) is 12.1 Å². The van der Waals surface area contributed by atoms with Crippen molar-refractivity contribution < 1.29 is 9.90 Å². The molecule has 0 aliphatic heterocycles. The van der Waals surface area contributed by atoms with Gasteiger partial charge in [0.05, 0.1) is 0 Å². The monoisotopic (exact) mass is 255 g/mol. The zero-order valence-corrected chi connectivity index (χ0v) is 10.9. The number of carbonyl (C=O) groups is 1. The van der Waals surface area contributed by atoms with E-state index in [4.69, 9.17) is 16.7 Å². The summed E-state index contributed by atoms with van der Waals surface area (Å²) in [6.45, 7) is 4.98. The lowest BCUT2D eigenvalue weighted by molar-refractivity contribution is -0.135. The molecule has 1 aromatic rings. The van der Waals surface area contributed by atoms with Gasteiger partial charge in [0.25, 0.3) is 0 Å². The van der Waals surface area contributed by atoms with Gasteiger partial charge in [0.2, 0.25) is 0 Å². The number of nitrogens with zero attached hydrogens (tertiary/aromatic N) is 1. The Morgan fingerprint density at radius 3 is 2.47 bits per heavy atom. The Hall–Kier alpha value is -1.22. The average molecular weight is 256 g/mol. The van der Waals surface area contributed by atoms with Gasteiger partial charge in [0.1, 0.15) is 6.54 Å². The molecule has 4 heteroatoms. The van der Waals surface area contributed by atoms with E-state index in [1.807, 2.05) is 17.0 Å². The van der Waals surface area contributed by atoms with Crippen molar-refractivity contribution >= 4 is 23.3 Å². The third-order valence-electron chi connectivity index (χ3n) is 2.75. The molecule has 94 valence electrons. The number of anilines is 1. The van der Waals surface area contributed by atoms with Crippen LogP contribution in [0.1, 0.15) is 20.3 Å². The number of hydrogen-bond donors (Lipinski definition) is 1. The van der Waals surface area contributed by atoms with Crippen molar-refractivity contribution in [2.45, 2.75) is 20.3 Å². The van der Waals surface area contributed by atoms with E-state index in [1.165, 1.54) is 0 Å². The number of halogens is 1. The van der Waals surface area contributed by atoms with Gasteiger partial charge in [0, 0.05) is 17.3 Å². The molecule has 0 saturated heterocycles. The molecule has 0 heterocycles. The lowest BCUT2D eigenvalue weighted by Gasteiger charge is -2.25. The fourth-order valence-electron chi connectivity index (χ4n) is 1.58. The maximum absolute atomic E-state index is 10.9. The van der Waals surface area contributed by atoms with Crippen LogP contribution in [-0.4, -0.2) is 24.2 Å². The molecule has 1 unspecified atom stereocenters. The van der Waals surface area contributed by atoms with Crippen LogP contribution in [-0.2, 0) is 4.79 Å². The van der Waals surface area contributed by atoms with Crippen LogP contribution in [0.4, 0.5) is 5.69 Å². The van der Waals surface area contributed by atoms with Crippen LogP contribution in [0.5, 0.6) is 0 Å². The fourth-order valence-corrected chi connectivity index (χ4v) is 1.71. The first-order chi connectivity index (χ1) is 8.02. The van der Waals surface area contributed by atoms with E-state index in [0.717, 1.165) is 18.7 Å². The molecule has 0 fully saturated rings. The quantitative estimate of drug-likeness (QED) is 0.848. The largest absolute Gasteiger partial charge is 0.480 e. The molecule has 3 nitrogen and oxygen atoms in total. The first kappa shape index (κ1) is 13.8. The summed E-state index contributed by atoms with van der Waals surface area (Å²) in [4.78, 5) is 12.7. The highest BCUT2D eigenvalue weighted by Gasteiger charge is 2.13. The van der Waals surface area contributed by atoms with Crippen LogP contribution >= 0.6 is 11.6 Å². The highest BCUT2D eigenvalue weighted by molar-refractivity contribution is 6.30. The number of carboxylic acids is 1. The molecular formula is C13H18ClNO2. The molecule has 0 bridgehead atoms. The standard InChI is InChI=1S/C13H18ClNO2/c1-3-10(2)8-15(9-13(16)17)12-6-4-11(14)5-7-12/h4-7,10H,3,8-9H2,1-2H3,(H,16,17). The van der Waals surface area contributed by atoms with Gasteiger partial charge in [-0.15, -0.1) is 0 Å². The Morgan fingerprint density at radius 1 is 1.41 bits per heavy atom. The minimum Gasteiger partial charge on any atom is -0.480 e. The van der Waals surface area contributed by atoms with Gasteiger partial charge < -0.3 is 10.0 Å². The molecular weight excluding hydrogens is 238 g/mol. The van der Waals surface area contributed by atoms with Crippen LogP contribution in [0.15, 0.2) is 24.3 Å². The zero-order chi connectivity index (χ0) is 12.8. The number of aliphatic carboxylic acids is 1. The summed E-state index contributed by atoms with van der Waals surface area (Å²) in [5.74, 6) is -0.353. The van der Waals surface area contributed by atoms with Gasteiger partial charge in [-0.05, 0) is 30.2 Å². The molecule has 17 heavy (non-hydrogen) atoms. The summed E-state index contributed by atoms with van der Waals surface area (Å²) in [5, 5.41) is 9.58. The van der Waals surface area contributed by atoms with Crippen molar-refractivity contribution in [3.05, 3.63) is 29.3 Å². The topological polar surface area (TPSA) is 40.5 Å². The van der Waals surface area contributed by atoms with Gasteiger partial charge >= 0.3 is 5.97 Å². The van der Waals surface area contributed by atoms with Gasteiger partial charge in [0.15, 0.2) is 0 Å². The van der Waals surface area contributed by atoms with Crippen LogP contribution in [0.2, 0.25) is 5.02 Å². The Labute approximate surface area is 107 Å². The Bertz CT molecular complexity index is 364. The number of hydrogen-bond acceptors (Lipinski definition) is 2. The van der Waals surface area contributed by atoms with Crippen molar-refractivity contribution in [3.63, 3.8) is 0 Å². The van der Waals surface area contributed by atoms with Gasteiger partial charge in [-0.2, -0.15) is 0 Å². The maximum atomic E-state index is 10.9. The van der Waals surface area contributed by atoms with Crippen molar-refractivity contribution in [2.75, 3.05) is 18.0 Å². The van der Waals surface area contributed by atoms with Gasteiger partial charge in [-0.25, -0.2) is 0 Å². The van der Waals surface area contributed by atoms with Crippen molar-refractivity contribution in [1.82, 2.24) is 0 Å². The molecule has 1 aromatic carbocycles. The second kappa shape index (κ2) is 6.50. The minimum atomic E-state index is -0.816. The van der Waals surface area contributed by atoms with Crippen LogP contribution < -0.4 is 4.90 Å². The molecule has 1 atom stereocenters. The Balaban J connectivity index is 2.81. The van der Waals surface area contributed by atoms with E-state index in [-0.39, 0.29) is 6.54 Å². The SMILES string of the molecule is CCC(C)CN(CC(=O)O)c1ccc(Cl)cc1. The second-order valence-electron chi connectivity index (χ2n) is 4.26. The predicted octanol–water partition coefficient (Wildman–Crippen LogP) is 3.28. The molecule has 0 radical (unpaired) electrons. The van der Waals surface area contributed by atoms with E-state index in [2.05, 4.69) is 13.8 Å². The van der Waals surface area contributed by atoms with E-state index < -0.39 is 5.97 Å². The number of rotatable bonds is 6.